The average Bonchev–Trinajstić information content (AvgIpc) is 3.81. The predicted molar refractivity (Wildman–Crippen MR) is 207 cm³/mol. The second kappa shape index (κ2) is 11.6. The number of rotatable bonds is 5. The highest BCUT2D eigenvalue weighted by molar-refractivity contribution is 7.26. The quantitative estimate of drug-likeness (QED) is 0.184. The fraction of sp³-hybridized carbons (Fsp3) is 0. The summed E-state index contributed by atoms with van der Waals surface area (Å²) in [6, 6.07) is 41.9. The van der Waals surface area contributed by atoms with Gasteiger partial charge in [0.05, 0.1) is 6.85 Å². The number of hydrogen-bond acceptors (Lipinski definition) is 5. The van der Waals surface area contributed by atoms with Gasteiger partial charge >= 0.3 is 0 Å². The summed E-state index contributed by atoms with van der Waals surface area (Å²) in [4.78, 5) is 15.3. The maximum atomic E-state index is 8.90. The van der Waals surface area contributed by atoms with Crippen LogP contribution in [0.25, 0.3) is 98.5 Å². The van der Waals surface area contributed by atoms with E-state index in [1.165, 1.54) is 10.1 Å². The van der Waals surface area contributed by atoms with Gasteiger partial charge in [-0.2, -0.15) is 0 Å². The molecule has 0 aliphatic heterocycles. The first-order chi connectivity index (χ1) is 26.9. The van der Waals surface area contributed by atoms with Gasteiger partial charge in [0, 0.05) is 53.2 Å². The minimum Gasteiger partial charge on any atom is -0.455 e. The number of hydrogen-bond donors (Lipinski definition) is 0. The largest absolute Gasteiger partial charge is 0.455 e. The third kappa shape index (κ3) is 4.71. The van der Waals surface area contributed by atoms with Gasteiger partial charge in [0.15, 0.2) is 17.5 Å². The molecule has 234 valence electrons. The molecule has 0 aliphatic carbocycles. The first-order valence-corrected chi connectivity index (χ1v) is 17.0. The number of aromatic nitrogens is 3. The van der Waals surface area contributed by atoms with Crippen LogP contribution in [0, 0.1) is 0 Å². The molecule has 0 fully saturated rings. The summed E-state index contributed by atoms with van der Waals surface area (Å²) in [5, 5.41) is 3.75. The van der Waals surface area contributed by atoms with Crippen molar-refractivity contribution in [2.75, 3.05) is 0 Å². The molecule has 0 atom stereocenters. The Kier molecular flexibility index (Phi) is 5.54. The van der Waals surface area contributed by atoms with E-state index < -0.39 is 18.1 Å². The van der Waals surface area contributed by atoms with Gasteiger partial charge in [-0.3, -0.25) is 0 Å². The summed E-state index contributed by atoms with van der Waals surface area (Å²) in [6.45, 7) is 0. The van der Waals surface area contributed by atoms with Crippen molar-refractivity contribution >= 4 is 53.4 Å². The van der Waals surface area contributed by atoms with Crippen LogP contribution in [0.4, 0.5) is 0 Å². The van der Waals surface area contributed by atoms with Crippen LogP contribution in [-0.2, 0) is 0 Å². The van der Waals surface area contributed by atoms with Crippen LogP contribution >= 0.6 is 11.3 Å². The van der Waals surface area contributed by atoms with Crippen LogP contribution in [0.3, 0.4) is 0 Å². The molecule has 3 aromatic heterocycles. The van der Waals surface area contributed by atoms with E-state index in [1.54, 1.807) is 11.3 Å². The number of nitrogens with zero attached hydrogens (tertiary/aromatic N) is 3. The Morgan fingerprint density at radius 3 is 1.96 bits per heavy atom. The lowest BCUT2D eigenvalue weighted by atomic mass is 9.95. The molecule has 0 amide bonds. The van der Waals surface area contributed by atoms with Crippen molar-refractivity contribution in [1.29, 1.82) is 0 Å². The molecular formula is C45H27N3OS. The minimum absolute atomic E-state index is 0.0691. The van der Waals surface area contributed by atoms with Crippen LogP contribution < -0.4 is 0 Å². The van der Waals surface area contributed by atoms with Crippen molar-refractivity contribution in [3.63, 3.8) is 0 Å². The first-order valence-electron chi connectivity index (χ1n) is 18.7. The van der Waals surface area contributed by atoms with E-state index in [0.29, 0.717) is 45.2 Å². The number of thiophene rings is 1. The molecule has 50 heavy (non-hydrogen) atoms. The van der Waals surface area contributed by atoms with Gasteiger partial charge in [-0.05, 0) is 47.0 Å². The highest BCUT2D eigenvalue weighted by Crippen LogP contribution is 2.44. The molecule has 4 nitrogen and oxygen atoms in total. The van der Waals surface area contributed by atoms with Crippen molar-refractivity contribution < 1.29 is 11.3 Å². The summed E-state index contributed by atoms with van der Waals surface area (Å²) in [7, 11) is 0. The second-order valence-corrected chi connectivity index (χ2v) is 13.1. The summed E-state index contributed by atoms with van der Waals surface area (Å²) in [5.74, 6) is 1.51. The summed E-state index contributed by atoms with van der Waals surface area (Å²) < 4.78 is 51.9. The lowest BCUT2D eigenvalue weighted by molar-refractivity contribution is 0.670. The van der Waals surface area contributed by atoms with Crippen molar-refractivity contribution in [3.05, 3.63) is 164 Å². The van der Waals surface area contributed by atoms with Crippen LogP contribution in [0.2, 0.25) is 0 Å². The molecule has 5 heteroatoms. The Labute approximate surface area is 299 Å². The zero-order chi connectivity index (χ0) is 37.4. The van der Waals surface area contributed by atoms with Crippen LogP contribution in [0.15, 0.2) is 168 Å². The fourth-order valence-electron chi connectivity index (χ4n) is 6.74. The lowest BCUT2D eigenvalue weighted by Gasteiger charge is -2.10. The molecule has 0 spiro atoms. The van der Waals surface area contributed by atoms with E-state index in [-0.39, 0.29) is 17.6 Å². The molecule has 0 aliphatic rings. The van der Waals surface area contributed by atoms with E-state index in [2.05, 4.69) is 30.3 Å². The number of benzene rings is 7. The summed E-state index contributed by atoms with van der Waals surface area (Å²) >= 11 is 1.71. The second-order valence-electron chi connectivity index (χ2n) is 12.0. The van der Waals surface area contributed by atoms with Gasteiger partial charge in [-0.1, -0.05) is 133 Å². The molecule has 0 saturated carbocycles. The molecule has 0 N–H and O–H groups in total. The summed E-state index contributed by atoms with van der Waals surface area (Å²) in [6.07, 6.45) is 0. The highest BCUT2D eigenvalue weighted by atomic mass is 32.1. The molecule has 10 rings (SSSR count). The normalized spacial score (nSPS) is 13.0. The van der Waals surface area contributed by atoms with Gasteiger partial charge < -0.3 is 4.42 Å². The SMILES string of the molecule is [2H]c1c([2H])c([2H])c(-c2cc(-c3ccccc3)cc3c2oc2cccc(-c4nc(-c5ccccc5)nc(-c5cccc6c5sc5ccccc56)n4)c23)c([2H])c1[2H]. The predicted octanol–water partition coefficient (Wildman–Crippen LogP) is 12.5. The third-order valence-electron chi connectivity index (χ3n) is 9.03. The van der Waals surface area contributed by atoms with Gasteiger partial charge in [-0.15, -0.1) is 11.3 Å². The molecule has 3 heterocycles. The zero-order valence-electron chi connectivity index (χ0n) is 31.4. The first kappa shape index (κ1) is 23.8. The molecular weight excluding hydrogens is 631 g/mol. The highest BCUT2D eigenvalue weighted by Gasteiger charge is 2.21. The Bertz CT molecular complexity index is 3130. The maximum Gasteiger partial charge on any atom is 0.165 e. The van der Waals surface area contributed by atoms with Crippen molar-refractivity contribution in [2.24, 2.45) is 0 Å². The minimum atomic E-state index is -0.452. The topological polar surface area (TPSA) is 51.8 Å². The number of fused-ring (bicyclic) bond motifs is 6. The van der Waals surface area contributed by atoms with E-state index in [4.69, 9.17) is 26.2 Å². The van der Waals surface area contributed by atoms with Crippen LogP contribution in [-0.4, -0.2) is 15.0 Å². The smallest absolute Gasteiger partial charge is 0.165 e. The van der Waals surface area contributed by atoms with E-state index in [1.807, 2.05) is 103 Å². The van der Waals surface area contributed by atoms with Crippen LogP contribution in [0.1, 0.15) is 6.85 Å². The monoisotopic (exact) mass is 662 g/mol. The third-order valence-corrected chi connectivity index (χ3v) is 10.2. The Morgan fingerprint density at radius 2 is 1.14 bits per heavy atom. The molecule has 0 radical (unpaired) electrons. The Morgan fingerprint density at radius 1 is 0.480 bits per heavy atom. The molecule has 0 unspecified atom stereocenters. The number of furan rings is 1. The Balaban J connectivity index is 1.29. The summed E-state index contributed by atoms with van der Waals surface area (Å²) in [5.41, 5.74) is 5.55. The molecule has 10 aromatic rings. The maximum absolute atomic E-state index is 8.90. The van der Waals surface area contributed by atoms with E-state index >= 15 is 0 Å². The van der Waals surface area contributed by atoms with E-state index in [0.717, 1.165) is 37.7 Å². The van der Waals surface area contributed by atoms with Gasteiger partial charge in [-0.25, -0.2) is 15.0 Å². The van der Waals surface area contributed by atoms with Gasteiger partial charge in [0.2, 0.25) is 0 Å². The van der Waals surface area contributed by atoms with Crippen LogP contribution in [0.5, 0.6) is 0 Å². The molecule has 0 bridgehead atoms. The lowest BCUT2D eigenvalue weighted by Crippen LogP contribution is -2.00. The van der Waals surface area contributed by atoms with Gasteiger partial charge in [0.1, 0.15) is 11.2 Å². The fourth-order valence-corrected chi connectivity index (χ4v) is 7.95. The van der Waals surface area contributed by atoms with E-state index in [9.17, 15) is 0 Å². The van der Waals surface area contributed by atoms with Crippen molar-refractivity contribution in [3.8, 4) is 56.4 Å². The Hall–Kier alpha value is -6.43. The van der Waals surface area contributed by atoms with Gasteiger partial charge in [0.25, 0.3) is 0 Å². The average molecular weight is 663 g/mol. The van der Waals surface area contributed by atoms with Crippen molar-refractivity contribution in [1.82, 2.24) is 15.0 Å². The van der Waals surface area contributed by atoms with Crippen molar-refractivity contribution in [2.45, 2.75) is 0 Å². The standard InChI is InChI=1S/C45H27N3OS/c1-4-14-28(15-5-1)31-26-36(29-16-6-2-7-17-29)41-37(27-31)40-34(22-13-24-38(40)49-41)44-46-43(30-18-8-3-9-19-30)47-45(48-44)35-23-12-21-33-32-20-10-11-25-39(32)50-42(33)35/h1-27H/i2D,6D,7D,16D,17D. The zero-order valence-corrected chi connectivity index (χ0v) is 27.2. The molecule has 7 aromatic carbocycles. The molecule has 0 saturated heterocycles.